The van der Waals surface area contributed by atoms with E-state index in [4.69, 9.17) is 14.6 Å². The first-order chi connectivity index (χ1) is 14.7. The number of nitrogens with one attached hydrogen (secondary N) is 2. The Kier molecular flexibility index (Phi) is 11.0. The second-order valence-electron chi connectivity index (χ2n) is 6.80. The van der Waals surface area contributed by atoms with Gasteiger partial charge in [-0.15, -0.1) is 0 Å². The van der Waals surface area contributed by atoms with E-state index in [1.54, 1.807) is 6.07 Å². The van der Waals surface area contributed by atoms with Crippen molar-refractivity contribution in [2.45, 2.75) is 37.8 Å². The molecular formula is C20H27FN2O8. The first kappa shape index (κ1) is 25.8. The van der Waals surface area contributed by atoms with Gasteiger partial charge in [0.15, 0.2) is 11.6 Å². The number of hydrogen-bond donors (Lipinski definition) is 4. The molecule has 0 aromatic heterocycles. The van der Waals surface area contributed by atoms with E-state index >= 15 is 0 Å². The second-order valence-corrected chi connectivity index (χ2v) is 6.80. The van der Waals surface area contributed by atoms with E-state index in [-0.39, 0.29) is 43.4 Å². The average molecular weight is 442 g/mol. The smallest absolute Gasteiger partial charge is 0.325 e. The minimum atomic E-state index is -0.777. The van der Waals surface area contributed by atoms with Gasteiger partial charge < -0.3 is 30.3 Å². The van der Waals surface area contributed by atoms with Gasteiger partial charge in [-0.25, -0.2) is 4.39 Å². The molecule has 1 aliphatic rings. The molecule has 0 radical (unpaired) electrons. The normalized spacial score (nSPS) is 19.8. The van der Waals surface area contributed by atoms with Gasteiger partial charge >= 0.3 is 5.97 Å². The fourth-order valence-corrected chi connectivity index (χ4v) is 3.19. The molecule has 2 amide bonds. The Hall–Kier alpha value is -3.21. The molecule has 1 aliphatic carbocycles. The minimum Gasteiger partial charge on any atom is -0.494 e. The van der Waals surface area contributed by atoms with Crippen LogP contribution in [0.25, 0.3) is 0 Å². The molecule has 4 N–H and O–H groups in total. The van der Waals surface area contributed by atoms with E-state index in [1.807, 2.05) is 0 Å². The zero-order chi connectivity index (χ0) is 23.4. The zero-order valence-electron chi connectivity index (χ0n) is 17.3. The summed E-state index contributed by atoms with van der Waals surface area (Å²) < 4.78 is 23.1. The summed E-state index contributed by atoms with van der Waals surface area (Å²) >= 11 is 0. The molecule has 10 nitrogen and oxygen atoms in total. The van der Waals surface area contributed by atoms with E-state index in [9.17, 15) is 23.9 Å². The maximum Gasteiger partial charge on any atom is 0.325 e. The molecule has 0 saturated heterocycles. The summed E-state index contributed by atoms with van der Waals surface area (Å²) in [5.41, 5.74) is 0.466. The van der Waals surface area contributed by atoms with Gasteiger partial charge in [0, 0.05) is 5.92 Å². The van der Waals surface area contributed by atoms with Crippen molar-refractivity contribution in [3.05, 3.63) is 29.6 Å². The van der Waals surface area contributed by atoms with Crippen LogP contribution in [-0.2, 0) is 30.3 Å². The highest BCUT2D eigenvalue weighted by molar-refractivity contribution is 5.84. The van der Waals surface area contributed by atoms with Crippen LogP contribution in [0.15, 0.2) is 18.2 Å². The van der Waals surface area contributed by atoms with E-state index in [0.717, 1.165) is 0 Å². The number of carboxylic acid groups (broad SMARTS) is 1. The summed E-state index contributed by atoms with van der Waals surface area (Å²) in [4.78, 5) is 44.0. The van der Waals surface area contributed by atoms with Crippen molar-refractivity contribution >= 4 is 24.3 Å². The SMILES string of the molecule is COC(=O)CNC(=O)[C@H]1CC[C@@H](O)[C@H](NC(=O)Cc2ccc(OC)c(F)c2)C1.O=CO. The Morgan fingerprint density at radius 3 is 2.52 bits per heavy atom. The fraction of sp³-hybridized carbons (Fsp3) is 0.500. The van der Waals surface area contributed by atoms with E-state index in [0.29, 0.717) is 18.4 Å². The van der Waals surface area contributed by atoms with Gasteiger partial charge in [-0.1, -0.05) is 6.07 Å². The third kappa shape index (κ3) is 8.59. The monoisotopic (exact) mass is 442 g/mol. The van der Waals surface area contributed by atoms with Crippen molar-refractivity contribution in [1.29, 1.82) is 0 Å². The van der Waals surface area contributed by atoms with E-state index < -0.39 is 29.9 Å². The van der Waals surface area contributed by atoms with Crippen LogP contribution >= 0.6 is 0 Å². The first-order valence-electron chi connectivity index (χ1n) is 9.47. The highest BCUT2D eigenvalue weighted by Crippen LogP contribution is 2.25. The molecular weight excluding hydrogens is 415 g/mol. The molecule has 2 rings (SSSR count). The van der Waals surface area contributed by atoms with Crippen LogP contribution in [0.3, 0.4) is 0 Å². The number of aliphatic hydroxyl groups is 1. The molecule has 1 aromatic rings. The number of carbonyl (C=O) groups is 4. The van der Waals surface area contributed by atoms with E-state index in [2.05, 4.69) is 15.4 Å². The predicted molar refractivity (Wildman–Crippen MR) is 106 cm³/mol. The summed E-state index contributed by atoms with van der Waals surface area (Å²) in [5, 5.41) is 22.2. The molecule has 11 heteroatoms. The predicted octanol–water partition coefficient (Wildman–Crippen LogP) is 0.0126. The van der Waals surface area contributed by atoms with Crippen molar-refractivity contribution in [3.63, 3.8) is 0 Å². The van der Waals surface area contributed by atoms with Gasteiger partial charge in [-0.3, -0.25) is 19.2 Å². The maximum absolute atomic E-state index is 13.7. The molecule has 172 valence electrons. The molecule has 0 aliphatic heterocycles. The maximum atomic E-state index is 13.7. The third-order valence-electron chi connectivity index (χ3n) is 4.75. The van der Waals surface area contributed by atoms with Gasteiger partial charge in [0.05, 0.1) is 32.8 Å². The average Bonchev–Trinajstić information content (AvgIpc) is 2.74. The standard InChI is InChI=1S/C19H25FN2O6.CH2O2/c1-27-16-6-3-11(7-13(16)20)8-17(24)22-14-9-12(4-5-15(14)23)19(26)21-10-18(25)28-2;2-1-3/h3,6-7,12,14-15,23H,4-5,8-10H2,1-2H3,(H,21,26)(H,22,24);1H,(H,2,3)/t12-,14+,15+;/m0./s1. The van der Waals surface area contributed by atoms with Crippen LogP contribution in [0.4, 0.5) is 4.39 Å². The lowest BCUT2D eigenvalue weighted by molar-refractivity contribution is -0.142. The lowest BCUT2D eigenvalue weighted by Gasteiger charge is -2.33. The van der Waals surface area contributed by atoms with Crippen molar-refractivity contribution in [2.24, 2.45) is 5.92 Å². The van der Waals surface area contributed by atoms with Gasteiger partial charge in [0.1, 0.15) is 6.54 Å². The summed E-state index contributed by atoms with van der Waals surface area (Å²) in [6.07, 6.45) is 0.198. The molecule has 1 aromatic carbocycles. The highest BCUT2D eigenvalue weighted by atomic mass is 19.1. The van der Waals surface area contributed by atoms with Crippen molar-refractivity contribution < 1.29 is 43.3 Å². The molecule has 0 bridgehead atoms. The van der Waals surface area contributed by atoms with E-state index in [1.165, 1.54) is 26.4 Å². The Labute approximate surface area is 178 Å². The largest absolute Gasteiger partial charge is 0.494 e. The number of halogens is 1. The van der Waals surface area contributed by atoms with Crippen LogP contribution in [0.1, 0.15) is 24.8 Å². The molecule has 3 atom stereocenters. The van der Waals surface area contributed by atoms with Crippen molar-refractivity contribution in [2.75, 3.05) is 20.8 Å². The number of hydrogen-bond acceptors (Lipinski definition) is 7. The van der Waals surface area contributed by atoms with Crippen LogP contribution in [-0.4, -0.2) is 67.4 Å². The van der Waals surface area contributed by atoms with Crippen LogP contribution < -0.4 is 15.4 Å². The summed E-state index contributed by atoms with van der Waals surface area (Å²) in [7, 11) is 2.58. The van der Waals surface area contributed by atoms with Crippen LogP contribution in [0.2, 0.25) is 0 Å². The lowest BCUT2D eigenvalue weighted by atomic mass is 9.83. The van der Waals surface area contributed by atoms with Crippen molar-refractivity contribution in [3.8, 4) is 5.75 Å². The Bertz CT molecular complexity index is 774. The van der Waals surface area contributed by atoms with Crippen molar-refractivity contribution in [1.82, 2.24) is 10.6 Å². The molecule has 1 fully saturated rings. The molecule has 31 heavy (non-hydrogen) atoms. The zero-order valence-corrected chi connectivity index (χ0v) is 17.3. The van der Waals surface area contributed by atoms with Gasteiger partial charge in [-0.05, 0) is 37.0 Å². The summed E-state index contributed by atoms with van der Waals surface area (Å²) in [5.74, 6) is -2.17. The number of methoxy groups -OCH3 is 2. The third-order valence-corrected chi connectivity index (χ3v) is 4.75. The fourth-order valence-electron chi connectivity index (χ4n) is 3.19. The van der Waals surface area contributed by atoms with Crippen LogP contribution in [0.5, 0.6) is 5.75 Å². The number of amides is 2. The topological polar surface area (TPSA) is 151 Å². The number of ether oxygens (including phenoxy) is 2. The van der Waals surface area contributed by atoms with Gasteiger partial charge in [0.2, 0.25) is 11.8 Å². The quantitative estimate of drug-likeness (QED) is 0.341. The Morgan fingerprint density at radius 1 is 1.26 bits per heavy atom. The summed E-state index contributed by atoms with van der Waals surface area (Å²) in [6, 6.07) is 3.65. The molecule has 1 saturated carbocycles. The lowest BCUT2D eigenvalue weighted by Crippen LogP contribution is -2.50. The number of aliphatic hydroxyl groups excluding tert-OH is 1. The van der Waals surface area contributed by atoms with Crippen LogP contribution in [0, 0.1) is 11.7 Å². The number of rotatable bonds is 7. The summed E-state index contributed by atoms with van der Waals surface area (Å²) in [6.45, 7) is -0.478. The van der Waals surface area contributed by atoms with Gasteiger partial charge in [-0.2, -0.15) is 0 Å². The highest BCUT2D eigenvalue weighted by Gasteiger charge is 2.33. The molecule has 0 heterocycles. The second kappa shape index (κ2) is 13.2. The minimum absolute atomic E-state index is 0.0661. The molecule has 0 unspecified atom stereocenters. The first-order valence-corrected chi connectivity index (χ1v) is 9.47. The van der Waals surface area contributed by atoms with Gasteiger partial charge in [0.25, 0.3) is 6.47 Å². The Morgan fingerprint density at radius 2 is 1.94 bits per heavy atom. The Balaban J connectivity index is 0.00000151. The number of benzene rings is 1. The number of carbonyl (C=O) groups excluding carboxylic acids is 3. The number of esters is 1. The molecule has 0 spiro atoms.